The summed E-state index contributed by atoms with van der Waals surface area (Å²) in [5, 5.41) is 12.3. The molecule has 3 heterocycles. The van der Waals surface area contributed by atoms with E-state index in [1.165, 1.54) is 0 Å². The molecule has 3 aliphatic heterocycles. The van der Waals surface area contributed by atoms with Crippen LogP contribution in [0.2, 0.25) is 0 Å². The third-order valence-electron chi connectivity index (χ3n) is 4.94. The first kappa shape index (κ1) is 13.7. The lowest BCUT2D eigenvalue weighted by Gasteiger charge is -2.36. The van der Waals surface area contributed by atoms with Crippen LogP contribution < -0.4 is 5.32 Å². The first-order valence-corrected chi connectivity index (χ1v) is 7.41. The van der Waals surface area contributed by atoms with Crippen LogP contribution in [0, 0.1) is 5.92 Å². The number of urea groups is 1. The highest BCUT2D eigenvalue weighted by Gasteiger charge is 2.52. The normalized spacial score (nSPS) is 39.9. The zero-order chi connectivity index (χ0) is 14.3. The lowest BCUT2D eigenvalue weighted by Crippen LogP contribution is -2.56. The molecule has 2 amide bonds. The van der Waals surface area contributed by atoms with E-state index in [-0.39, 0.29) is 23.7 Å². The predicted octanol–water partition coefficient (Wildman–Crippen LogP) is 1.20. The van der Waals surface area contributed by atoms with Crippen molar-refractivity contribution in [2.75, 3.05) is 13.2 Å². The van der Waals surface area contributed by atoms with E-state index in [0.717, 1.165) is 32.3 Å². The van der Waals surface area contributed by atoms with Crippen LogP contribution in [0.1, 0.15) is 39.0 Å². The average Bonchev–Trinajstić information content (AvgIpc) is 2.96. The number of carboxylic acid groups (broad SMARTS) is 1. The fraction of sp³-hybridized carbons (Fsp3) is 0.857. The molecule has 0 radical (unpaired) electrons. The van der Waals surface area contributed by atoms with Gasteiger partial charge in [0.15, 0.2) is 0 Å². The van der Waals surface area contributed by atoms with Crippen molar-refractivity contribution in [2.24, 2.45) is 5.92 Å². The Morgan fingerprint density at radius 1 is 1.40 bits per heavy atom. The Morgan fingerprint density at radius 2 is 2.20 bits per heavy atom. The van der Waals surface area contributed by atoms with E-state index in [9.17, 15) is 14.7 Å². The first-order chi connectivity index (χ1) is 9.50. The predicted molar refractivity (Wildman–Crippen MR) is 71.4 cm³/mol. The van der Waals surface area contributed by atoms with Crippen LogP contribution in [-0.4, -0.2) is 52.8 Å². The van der Waals surface area contributed by atoms with E-state index in [0.29, 0.717) is 13.0 Å². The monoisotopic (exact) mass is 282 g/mol. The quantitative estimate of drug-likeness (QED) is 0.797. The van der Waals surface area contributed by atoms with Crippen molar-refractivity contribution in [3.05, 3.63) is 0 Å². The fourth-order valence-corrected chi connectivity index (χ4v) is 3.93. The number of fused-ring (bicyclic) bond motifs is 2. The molecule has 6 heteroatoms. The van der Waals surface area contributed by atoms with E-state index in [2.05, 4.69) is 5.32 Å². The van der Waals surface area contributed by atoms with Crippen molar-refractivity contribution < 1.29 is 19.4 Å². The summed E-state index contributed by atoms with van der Waals surface area (Å²) in [5.41, 5.74) is -0.323. The van der Waals surface area contributed by atoms with E-state index in [4.69, 9.17) is 4.74 Å². The van der Waals surface area contributed by atoms with E-state index >= 15 is 0 Å². The Bertz CT molecular complexity index is 419. The van der Waals surface area contributed by atoms with Crippen molar-refractivity contribution in [3.63, 3.8) is 0 Å². The lowest BCUT2D eigenvalue weighted by atomic mass is 9.89. The number of carbonyl (C=O) groups excluding carboxylic acids is 1. The molecule has 112 valence electrons. The van der Waals surface area contributed by atoms with Crippen LogP contribution in [0.5, 0.6) is 0 Å². The summed E-state index contributed by atoms with van der Waals surface area (Å²) < 4.78 is 5.45. The SMILES string of the molecule is CC1(NC(=O)N2C3CCC2C(C(=O)O)C3)CCCOC1. The number of nitrogens with one attached hydrogen (secondary N) is 1. The molecule has 3 rings (SSSR count). The second-order valence-corrected chi connectivity index (χ2v) is 6.53. The Hall–Kier alpha value is -1.30. The van der Waals surface area contributed by atoms with Gasteiger partial charge in [-0.3, -0.25) is 4.79 Å². The molecule has 0 aromatic rings. The number of rotatable bonds is 2. The summed E-state index contributed by atoms with van der Waals surface area (Å²) in [6.45, 7) is 3.28. The molecule has 3 aliphatic rings. The number of nitrogens with zero attached hydrogens (tertiary/aromatic N) is 1. The van der Waals surface area contributed by atoms with Crippen LogP contribution in [0.25, 0.3) is 0 Å². The molecule has 0 saturated carbocycles. The molecule has 0 spiro atoms. The standard InChI is InChI=1S/C14H22N2O4/c1-14(5-2-6-20-8-14)15-13(19)16-9-3-4-11(16)10(7-9)12(17)18/h9-11H,2-8H2,1H3,(H,15,19)(H,17,18). The number of amides is 2. The zero-order valence-corrected chi connectivity index (χ0v) is 11.8. The van der Waals surface area contributed by atoms with Crippen LogP contribution in [-0.2, 0) is 9.53 Å². The van der Waals surface area contributed by atoms with Crippen molar-refractivity contribution in [3.8, 4) is 0 Å². The average molecular weight is 282 g/mol. The molecule has 20 heavy (non-hydrogen) atoms. The molecule has 0 aromatic carbocycles. The Kier molecular flexibility index (Phi) is 3.36. The van der Waals surface area contributed by atoms with Gasteiger partial charge in [0.25, 0.3) is 0 Å². The van der Waals surface area contributed by atoms with Crippen molar-refractivity contribution in [1.29, 1.82) is 0 Å². The summed E-state index contributed by atoms with van der Waals surface area (Å²) in [7, 11) is 0. The summed E-state index contributed by atoms with van der Waals surface area (Å²) >= 11 is 0. The van der Waals surface area contributed by atoms with Crippen LogP contribution in [0.15, 0.2) is 0 Å². The third kappa shape index (κ3) is 2.26. The number of ether oxygens (including phenoxy) is 1. The molecule has 0 aliphatic carbocycles. The van der Waals surface area contributed by atoms with Gasteiger partial charge in [0.05, 0.1) is 18.1 Å². The molecule has 0 aromatic heterocycles. The molecular weight excluding hydrogens is 260 g/mol. The molecular formula is C14H22N2O4. The van der Waals surface area contributed by atoms with Crippen LogP contribution >= 0.6 is 0 Å². The van der Waals surface area contributed by atoms with Gasteiger partial charge in [0, 0.05) is 18.7 Å². The highest BCUT2D eigenvalue weighted by Crippen LogP contribution is 2.42. The van der Waals surface area contributed by atoms with Crippen molar-refractivity contribution in [2.45, 2.75) is 56.7 Å². The molecule has 4 unspecified atom stereocenters. The van der Waals surface area contributed by atoms with Gasteiger partial charge < -0.3 is 20.1 Å². The molecule has 2 N–H and O–H groups in total. The maximum Gasteiger partial charge on any atom is 0.318 e. The Labute approximate surface area is 118 Å². The number of hydrogen-bond acceptors (Lipinski definition) is 3. The number of carboxylic acids is 1. The largest absolute Gasteiger partial charge is 0.481 e. The first-order valence-electron chi connectivity index (χ1n) is 7.41. The van der Waals surface area contributed by atoms with Gasteiger partial charge >= 0.3 is 12.0 Å². The maximum absolute atomic E-state index is 12.5. The fourth-order valence-electron chi connectivity index (χ4n) is 3.93. The van der Waals surface area contributed by atoms with E-state index in [1.54, 1.807) is 4.90 Å². The van der Waals surface area contributed by atoms with Gasteiger partial charge in [-0.05, 0) is 39.0 Å². The van der Waals surface area contributed by atoms with Gasteiger partial charge in [0.1, 0.15) is 0 Å². The van der Waals surface area contributed by atoms with Gasteiger partial charge in [0.2, 0.25) is 0 Å². The Morgan fingerprint density at radius 3 is 2.80 bits per heavy atom. The topological polar surface area (TPSA) is 78.9 Å². The zero-order valence-electron chi connectivity index (χ0n) is 11.8. The highest BCUT2D eigenvalue weighted by atomic mass is 16.5. The van der Waals surface area contributed by atoms with Gasteiger partial charge in [-0.15, -0.1) is 0 Å². The number of hydrogen-bond donors (Lipinski definition) is 2. The van der Waals surface area contributed by atoms with Gasteiger partial charge in [-0.25, -0.2) is 4.79 Å². The van der Waals surface area contributed by atoms with Crippen molar-refractivity contribution >= 4 is 12.0 Å². The summed E-state index contributed by atoms with van der Waals surface area (Å²) in [6, 6.07) is -0.158. The van der Waals surface area contributed by atoms with Gasteiger partial charge in [-0.2, -0.15) is 0 Å². The molecule has 6 nitrogen and oxygen atoms in total. The van der Waals surface area contributed by atoms with Crippen molar-refractivity contribution in [1.82, 2.24) is 10.2 Å². The van der Waals surface area contributed by atoms with Crippen LogP contribution in [0.4, 0.5) is 4.79 Å². The molecule has 4 atom stereocenters. The minimum atomic E-state index is -0.776. The lowest BCUT2D eigenvalue weighted by molar-refractivity contribution is -0.142. The minimum absolute atomic E-state index is 0.0919. The summed E-state index contributed by atoms with van der Waals surface area (Å²) in [5.74, 6) is -1.17. The highest BCUT2D eigenvalue weighted by molar-refractivity contribution is 5.80. The smallest absolute Gasteiger partial charge is 0.318 e. The summed E-state index contributed by atoms with van der Waals surface area (Å²) in [4.78, 5) is 25.5. The van der Waals surface area contributed by atoms with Crippen LogP contribution in [0.3, 0.4) is 0 Å². The second kappa shape index (κ2) is 4.91. The molecule has 2 bridgehead atoms. The number of carbonyl (C=O) groups is 2. The van der Waals surface area contributed by atoms with E-state index < -0.39 is 11.9 Å². The number of aliphatic carboxylic acids is 1. The molecule has 3 fully saturated rings. The van der Waals surface area contributed by atoms with Gasteiger partial charge in [-0.1, -0.05) is 0 Å². The summed E-state index contributed by atoms with van der Waals surface area (Å²) in [6.07, 6.45) is 4.18. The van der Waals surface area contributed by atoms with E-state index in [1.807, 2.05) is 6.92 Å². The Balaban J connectivity index is 1.67. The maximum atomic E-state index is 12.5. The third-order valence-corrected chi connectivity index (χ3v) is 4.94. The molecule has 3 saturated heterocycles. The minimum Gasteiger partial charge on any atom is -0.481 e. The second-order valence-electron chi connectivity index (χ2n) is 6.53.